The molecule has 2 aliphatic rings. The predicted molar refractivity (Wildman–Crippen MR) is 130 cm³/mol. The Morgan fingerprint density at radius 1 is 1.06 bits per heavy atom. The molecule has 35 heavy (non-hydrogen) atoms. The van der Waals surface area contributed by atoms with Gasteiger partial charge in [0.15, 0.2) is 5.65 Å². The molecule has 2 aromatic heterocycles. The van der Waals surface area contributed by atoms with Crippen LogP contribution in [0.2, 0.25) is 0 Å². The molecule has 0 spiro atoms. The van der Waals surface area contributed by atoms with Crippen LogP contribution >= 0.6 is 0 Å². The first-order valence-corrected chi connectivity index (χ1v) is 11.6. The van der Waals surface area contributed by atoms with E-state index in [0.29, 0.717) is 43.1 Å². The zero-order valence-corrected chi connectivity index (χ0v) is 19.4. The fourth-order valence-electron chi connectivity index (χ4n) is 4.45. The molecule has 2 aliphatic heterocycles. The van der Waals surface area contributed by atoms with Crippen molar-refractivity contribution in [1.82, 2.24) is 24.8 Å². The summed E-state index contributed by atoms with van der Waals surface area (Å²) in [6, 6.07) is 9.06. The number of anilines is 3. The lowest BCUT2D eigenvalue weighted by Crippen LogP contribution is -2.46. The first kappa shape index (κ1) is 22.8. The minimum absolute atomic E-state index is 0.00634. The molecule has 2 saturated heterocycles. The quantitative estimate of drug-likeness (QED) is 0.590. The number of hydrogen-bond acceptors (Lipinski definition) is 7. The van der Waals surface area contributed by atoms with Crippen molar-refractivity contribution in [3.63, 3.8) is 0 Å². The lowest BCUT2D eigenvalue weighted by molar-refractivity contribution is -0.130. The van der Waals surface area contributed by atoms with Gasteiger partial charge in [-0.3, -0.25) is 14.2 Å². The number of piperidine rings is 1. The van der Waals surface area contributed by atoms with Crippen molar-refractivity contribution in [3.05, 3.63) is 42.9 Å². The molecule has 11 nitrogen and oxygen atoms in total. The van der Waals surface area contributed by atoms with Gasteiger partial charge in [0.1, 0.15) is 18.8 Å². The van der Waals surface area contributed by atoms with Crippen LogP contribution in [0.1, 0.15) is 19.8 Å². The molecule has 0 bridgehead atoms. The zero-order valence-electron chi connectivity index (χ0n) is 19.4. The Labute approximate surface area is 202 Å². The first-order valence-electron chi connectivity index (χ1n) is 11.6. The fraction of sp³-hybridized carbons (Fsp3) is 0.375. The van der Waals surface area contributed by atoms with Gasteiger partial charge < -0.3 is 25.2 Å². The number of rotatable bonds is 4. The van der Waals surface area contributed by atoms with Gasteiger partial charge in [0.2, 0.25) is 5.91 Å². The Kier molecular flexibility index (Phi) is 6.32. The Morgan fingerprint density at radius 2 is 1.83 bits per heavy atom. The van der Waals surface area contributed by atoms with Gasteiger partial charge in [-0.2, -0.15) is 0 Å². The number of benzene rings is 1. The van der Waals surface area contributed by atoms with E-state index in [1.165, 1.54) is 10.9 Å². The van der Waals surface area contributed by atoms with Crippen LogP contribution in [0.3, 0.4) is 0 Å². The van der Waals surface area contributed by atoms with Crippen LogP contribution in [-0.2, 0) is 14.3 Å². The second-order valence-corrected chi connectivity index (χ2v) is 8.64. The summed E-state index contributed by atoms with van der Waals surface area (Å²) >= 11 is 0. The lowest BCUT2D eigenvalue weighted by Gasteiger charge is -2.31. The maximum absolute atomic E-state index is 12.9. The van der Waals surface area contributed by atoms with Crippen molar-refractivity contribution in [2.45, 2.75) is 25.8 Å². The van der Waals surface area contributed by atoms with Crippen molar-refractivity contribution in [2.75, 3.05) is 43.1 Å². The Morgan fingerprint density at radius 3 is 2.54 bits per heavy atom. The summed E-state index contributed by atoms with van der Waals surface area (Å²) in [7, 11) is 0. The fourth-order valence-corrected chi connectivity index (χ4v) is 4.45. The van der Waals surface area contributed by atoms with Crippen LogP contribution in [0.15, 0.2) is 42.9 Å². The minimum atomic E-state index is -0.259. The van der Waals surface area contributed by atoms with Gasteiger partial charge in [0.25, 0.3) is 5.91 Å². The average Bonchev–Trinajstić information content (AvgIpc) is 3.31. The molecule has 182 valence electrons. The van der Waals surface area contributed by atoms with Crippen molar-refractivity contribution in [2.24, 2.45) is 0 Å². The number of nitrogens with one attached hydrogen (secondary N) is 2. The topological polar surface area (TPSA) is 122 Å². The number of likely N-dealkylation sites (tertiary alicyclic amines) is 1. The van der Waals surface area contributed by atoms with E-state index in [9.17, 15) is 14.4 Å². The van der Waals surface area contributed by atoms with Crippen molar-refractivity contribution in [3.8, 4) is 0 Å². The third-order valence-corrected chi connectivity index (χ3v) is 6.40. The van der Waals surface area contributed by atoms with Crippen molar-refractivity contribution < 1.29 is 19.1 Å². The summed E-state index contributed by atoms with van der Waals surface area (Å²) in [5.41, 5.74) is 2.11. The molecule has 3 amide bonds. The maximum Gasteiger partial charge on any atom is 0.327 e. The van der Waals surface area contributed by atoms with Crippen LogP contribution in [0.25, 0.3) is 11.0 Å². The number of hydrogen-bond donors (Lipinski definition) is 2. The van der Waals surface area contributed by atoms with Gasteiger partial charge in [0.05, 0.1) is 12.0 Å². The number of nitrogens with zero attached hydrogens (tertiary/aromatic N) is 5. The maximum atomic E-state index is 12.9. The molecule has 0 saturated carbocycles. The first-order chi connectivity index (χ1) is 17.0. The molecule has 0 aliphatic carbocycles. The van der Waals surface area contributed by atoms with Gasteiger partial charge in [-0.15, -0.1) is 0 Å². The van der Waals surface area contributed by atoms with Crippen LogP contribution in [0.4, 0.5) is 22.0 Å². The second-order valence-electron chi connectivity index (χ2n) is 8.64. The molecule has 5 rings (SSSR count). The SMILES string of the molecule is CC(=O)N1CCC(NC(=O)n2ccc3c(Nc4ccc(N5CCOCC5=O)cc4)ncnc32)CC1. The zero-order chi connectivity index (χ0) is 24.4. The van der Waals surface area contributed by atoms with E-state index >= 15 is 0 Å². The largest absolute Gasteiger partial charge is 0.370 e. The molecule has 2 fully saturated rings. The highest BCUT2D eigenvalue weighted by atomic mass is 16.5. The summed E-state index contributed by atoms with van der Waals surface area (Å²) in [5.74, 6) is 0.581. The minimum Gasteiger partial charge on any atom is -0.370 e. The number of aromatic nitrogens is 3. The summed E-state index contributed by atoms with van der Waals surface area (Å²) in [6.45, 7) is 4.00. The van der Waals surface area contributed by atoms with Gasteiger partial charge >= 0.3 is 6.03 Å². The number of morpholine rings is 1. The molecule has 3 aromatic rings. The monoisotopic (exact) mass is 477 g/mol. The highest BCUT2D eigenvalue weighted by Gasteiger charge is 2.23. The van der Waals surface area contributed by atoms with E-state index < -0.39 is 0 Å². The molecular formula is C24H27N7O4. The van der Waals surface area contributed by atoms with E-state index in [1.54, 1.807) is 29.0 Å². The molecule has 11 heteroatoms. The Bertz CT molecular complexity index is 1250. The highest BCUT2D eigenvalue weighted by Crippen LogP contribution is 2.26. The lowest BCUT2D eigenvalue weighted by atomic mass is 10.1. The van der Waals surface area contributed by atoms with Crippen LogP contribution in [0, 0.1) is 0 Å². The highest BCUT2D eigenvalue weighted by molar-refractivity contribution is 5.96. The number of carbonyl (C=O) groups excluding carboxylic acids is 3. The number of amides is 3. The van der Waals surface area contributed by atoms with Crippen LogP contribution in [-0.4, -0.2) is 76.2 Å². The summed E-state index contributed by atoms with van der Waals surface area (Å²) in [5, 5.41) is 7.03. The van der Waals surface area contributed by atoms with Crippen molar-refractivity contribution in [1.29, 1.82) is 0 Å². The Balaban J connectivity index is 1.28. The van der Waals surface area contributed by atoms with E-state index in [0.717, 1.165) is 24.2 Å². The van der Waals surface area contributed by atoms with E-state index in [2.05, 4.69) is 20.6 Å². The molecule has 4 heterocycles. The van der Waals surface area contributed by atoms with Crippen LogP contribution < -0.4 is 15.5 Å². The number of fused-ring (bicyclic) bond motifs is 1. The standard InChI is InChI=1S/C24H27N7O4/c1-16(32)29-9-6-18(7-10-29)28-24(34)31-11-8-20-22(25-15-26-23(20)31)27-17-2-4-19(5-3-17)30-12-13-35-14-21(30)33/h2-5,8,11,15,18H,6-7,9-10,12-14H2,1H3,(H,28,34)(H,25,26,27). The van der Waals surface area contributed by atoms with Crippen molar-refractivity contribution >= 4 is 46.1 Å². The average molecular weight is 478 g/mol. The number of ether oxygens (including phenoxy) is 1. The third-order valence-electron chi connectivity index (χ3n) is 6.40. The third kappa shape index (κ3) is 4.80. The summed E-state index contributed by atoms with van der Waals surface area (Å²) in [4.78, 5) is 48.7. The van der Waals surface area contributed by atoms with Gasteiger partial charge in [-0.25, -0.2) is 14.8 Å². The molecule has 0 radical (unpaired) electrons. The molecular weight excluding hydrogens is 450 g/mol. The summed E-state index contributed by atoms with van der Waals surface area (Å²) < 4.78 is 6.67. The van der Waals surface area contributed by atoms with E-state index in [1.807, 2.05) is 24.3 Å². The molecule has 1 aromatic carbocycles. The normalized spacial score (nSPS) is 17.0. The van der Waals surface area contributed by atoms with E-state index in [-0.39, 0.29) is 30.5 Å². The molecule has 2 N–H and O–H groups in total. The Hall–Kier alpha value is -3.99. The number of carbonyl (C=O) groups is 3. The van der Waals surface area contributed by atoms with Crippen LogP contribution in [0.5, 0.6) is 0 Å². The smallest absolute Gasteiger partial charge is 0.327 e. The van der Waals surface area contributed by atoms with Gasteiger partial charge in [-0.05, 0) is 43.2 Å². The van der Waals surface area contributed by atoms with Gasteiger partial charge in [0, 0.05) is 50.2 Å². The summed E-state index contributed by atoms with van der Waals surface area (Å²) in [6.07, 6.45) is 4.54. The van der Waals surface area contributed by atoms with Gasteiger partial charge in [-0.1, -0.05) is 0 Å². The second kappa shape index (κ2) is 9.71. The van der Waals surface area contributed by atoms with E-state index in [4.69, 9.17) is 4.74 Å². The predicted octanol–water partition coefficient (Wildman–Crippen LogP) is 2.11. The molecule has 0 atom stereocenters. The molecule has 0 unspecified atom stereocenters.